The number of hydrogen-bond donors (Lipinski definition) is 0. The molecule has 16 heavy (non-hydrogen) atoms. The lowest BCUT2D eigenvalue weighted by Gasteiger charge is -1.95. The molecular formula is C16H38. The van der Waals surface area contributed by atoms with Crippen LogP contribution in [-0.2, 0) is 0 Å². The minimum atomic E-state index is 0.884. The summed E-state index contributed by atoms with van der Waals surface area (Å²) < 4.78 is 0. The molecule has 0 bridgehead atoms. The highest BCUT2D eigenvalue weighted by molar-refractivity contribution is 4.38. The Balaban J connectivity index is -0.000000160. The average molecular weight is 230 g/mol. The van der Waals surface area contributed by atoms with Crippen molar-refractivity contribution in [1.29, 1.82) is 0 Å². The van der Waals surface area contributed by atoms with E-state index in [1.807, 2.05) is 0 Å². The van der Waals surface area contributed by atoms with E-state index < -0.39 is 0 Å². The molecule has 0 amide bonds. The molecule has 0 nitrogen and oxygen atoms in total. The number of rotatable bonds is 4. The molecule has 0 rings (SSSR count). The van der Waals surface area contributed by atoms with Gasteiger partial charge in [0.2, 0.25) is 0 Å². The second kappa shape index (κ2) is 17.4. The van der Waals surface area contributed by atoms with Gasteiger partial charge in [0.1, 0.15) is 0 Å². The Hall–Kier alpha value is 0. The molecule has 0 heteroatoms. The molecule has 0 aromatic carbocycles. The van der Waals surface area contributed by atoms with Crippen LogP contribution in [0.2, 0.25) is 0 Å². The van der Waals surface area contributed by atoms with Crippen LogP contribution in [-0.4, -0.2) is 0 Å². The molecule has 102 valence electrons. The lowest BCUT2D eigenvalue weighted by Crippen LogP contribution is -1.81. The normalized spacial score (nSPS) is 9.75. The Morgan fingerprint density at radius 3 is 0.812 bits per heavy atom. The lowest BCUT2D eigenvalue weighted by atomic mass is 10.1. The first kappa shape index (κ1) is 21.3. The van der Waals surface area contributed by atoms with Gasteiger partial charge in [0.25, 0.3) is 0 Å². The van der Waals surface area contributed by atoms with Crippen LogP contribution in [0.4, 0.5) is 0 Å². The van der Waals surface area contributed by atoms with Crippen LogP contribution in [0, 0.1) is 17.8 Å². The number of hydrogen-bond acceptors (Lipinski definition) is 0. The van der Waals surface area contributed by atoms with Gasteiger partial charge in [-0.05, 0) is 17.8 Å². The van der Waals surface area contributed by atoms with E-state index in [4.69, 9.17) is 0 Å². The maximum Gasteiger partial charge on any atom is -0.0471 e. The van der Waals surface area contributed by atoms with E-state index in [1.165, 1.54) is 25.7 Å². The SMILES string of the molecule is CCC(C)C.CCC(C)C.CCCC(C)C. The van der Waals surface area contributed by atoms with Gasteiger partial charge in [0.05, 0.1) is 0 Å². The van der Waals surface area contributed by atoms with E-state index >= 15 is 0 Å². The molecule has 0 spiro atoms. The van der Waals surface area contributed by atoms with Gasteiger partial charge in [-0.3, -0.25) is 0 Å². The fraction of sp³-hybridized carbons (Fsp3) is 1.00. The van der Waals surface area contributed by atoms with Crippen LogP contribution in [0.3, 0.4) is 0 Å². The van der Waals surface area contributed by atoms with Gasteiger partial charge in [0.15, 0.2) is 0 Å². The Morgan fingerprint density at radius 2 is 0.812 bits per heavy atom. The van der Waals surface area contributed by atoms with Crippen molar-refractivity contribution in [3.05, 3.63) is 0 Å². The van der Waals surface area contributed by atoms with Crippen LogP contribution >= 0.6 is 0 Å². The van der Waals surface area contributed by atoms with Crippen molar-refractivity contribution in [1.82, 2.24) is 0 Å². The van der Waals surface area contributed by atoms with Crippen molar-refractivity contribution in [2.45, 2.75) is 88.0 Å². The van der Waals surface area contributed by atoms with Gasteiger partial charge in [-0.15, -0.1) is 0 Å². The zero-order valence-electron chi connectivity index (χ0n) is 13.6. The molecule has 0 saturated heterocycles. The predicted octanol–water partition coefficient (Wildman–Crippen LogP) is 6.55. The van der Waals surface area contributed by atoms with E-state index in [2.05, 4.69) is 62.3 Å². The summed E-state index contributed by atoms with van der Waals surface area (Å²) in [5.74, 6) is 2.67. The summed E-state index contributed by atoms with van der Waals surface area (Å²) in [5.41, 5.74) is 0. The molecule has 0 N–H and O–H groups in total. The summed E-state index contributed by atoms with van der Waals surface area (Å²) in [6, 6.07) is 0. The molecule has 0 aliphatic carbocycles. The maximum absolute atomic E-state index is 2.25. The first-order valence-corrected chi connectivity index (χ1v) is 7.31. The standard InChI is InChI=1S/C6H14.2C5H12/c1-4-5-6(2)3;2*1-4-5(2)3/h6H,4-5H2,1-3H3;2*5H,4H2,1-3H3. The molecule has 0 aromatic rings. The summed E-state index contributed by atoms with van der Waals surface area (Å²) in [6.45, 7) is 20.0. The summed E-state index contributed by atoms with van der Waals surface area (Å²) in [4.78, 5) is 0. The second-order valence-corrected chi connectivity index (χ2v) is 5.79. The van der Waals surface area contributed by atoms with E-state index in [1.54, 1.807) is 0 Å². The van der Waals surface area contributed by atoms with Gasteiger partial charge in [-0.25, -0.2) is 0 Å². The van der Waals surface area contributed by atoms with Crippen LogP contribution in [0.15, 0.2) is 0 Å². The van der Waals surface area contributed by atoms with Gasteiger partial charge < -0.3 is 0 Å². The smallest absolute Gasteiger partial charge is 0.0471 e. The molecule has 0 fully saturated rings. The molecule has 0 aliphatic rings. The highest BCUT2D eigenvalue weighted by Crippen LogP contribution is 2.00. The van der Waals surface area contributed by atoms with Crippen LogP contribution in [0.1, 0.15) is 88.0 Å². The quantitative estimate of drug-likeness (QED) is 0.514. The Kier molecular flexibility index (Phi) is 23.2. The average Bonchev–Trinajstić information content (AvgIpc) is 2.19. The van der Waals surface area contributed by atoms with Gasteiger partial charge >= 0.3 is 0 Å². The monoisotopic (exact) mass is 230 g/mol. The minimum absolute atomic E-state index is 0.884. The van der Waals surface area contributed by atoms with Gasteiger partial charge in [0, 0.05) is 0 Å². The first-order chi connectivity index (χ1) is 7.31. The summed E-state index contributed by atoms with van der Waals surface area (Å²) in [5, 5.41) is 0. The summed E-state index contributed by atoms with van der Waals surface area (Å²) >= 11 is 0. The van der Waals surface area contributed by atoms with Gasteiger partial charge in [-0.2, -0.15) is 0 Å². The van der Waals surface area contributed by atoms with E-state index in [0.717, 1.165) is 17.8 Å². The van der Waals surface area contributed by atoms with E-state index in [-0.39, 0.29) is 0 Å². The lowest BCUT2D eigenvalue weighted by molar-refractivity contribution is 0.576. The molecule has 0 heterocycles. The molecule has 0 aromatic heterocycles. The third kappa shape index (κ3) is 48.3. The van der Waals surface area contributed by atoms with Crippen molar-refractivity contribution in [2.75, 3.05) is 0 Å². The Morgan fingerprint density at radius 1 is 0.562 bits per heavy atom. The Labute approximate surface area is 106 Å². The Bertz CT molecular complexity index is 82.2. The van der Waals surface area contributed by atoms with Crippen LogP contribution in [0.5, 0.6) is 0 Å². The fourth-order valence-corrected chi connectivity index (χ4v) is 0.577. The van der Waals surface area contributed by atoms with Crippen molar-refractivity contribution in [3.8, 4) is 0 Å². The zero-order valence-corrected chi connectivity index (χ0v) is 13.6. The van der Waals surface area contributed by atoms with Crippen molar-refractivity contribution >= 4 is 0 Å². The second-order valence-electron chi connectivity index (χ2n) is 5.79. The highest BCUT2D eigenvalue weighted by atomic mass is 13.9. The molecule has 0 aliphatic heterocycles. The summed E-state index contributed by atoms with van der Waals surface area (Å²) in [7, 11) is 0. The highest BCUT2D eigenvalue weighted by Gasteiger charge is 1.85. The maximum atomic E-state index is 2.25. The van der Waals surface area contributed by atoms with Crippen molar-refractivity contribution in [2.24, 2.45) is 17.8 Å². The van der Waals surface area contributed by atoms with Gasteiger partial charge in [-0.1, -0.05) is 88.0 Å². The molecular weight excluding hydrogens is 192 g/mol. The molecule has 0 unspecified atom stereocenters. The minimum Gasteiger partial charge on any atom is -0.0654 e. The summed E-state index contributed by atoms with van der Waals surface area (Å²) in [6.07, 6.45) is 5.32. The fourth-order valence-electron chi connectivity index (χ4n) is 0.577. The third-order valence-electron chi connectivity index (χ3n) is 2.50. The molecule has 0 radical (unpaired) electrons. The van der Waals surface area contributed by atoms with Crippen LogP contribution in [0.25, 0.3) is 0 Å². The topological polar surface area (TPSA) is 0 Å². The largest absolute Gasteiger partial charge is 0.0654 e. The van der Waals surface area contributed by atoms with Crippen molar-refractivity contribution in [3.63, 3.8) is 0 Å². The first-order valence-electron chi connectivity index (χ1n) is 7.31. The van der Waals surface area contributed by atoms with E-state index in [0.29, 0.717) is 0 Å². The molecule has 0 saturated carbocycles. The third-order valence-corrected chi connectivity index (χ3v) is 2.50. The molecule has 0 atom stereocenters. The van der Waals surface area contributed by atoms with Crippen molar-refractivity contribution < 1.29 is 0 Å². The van der Waals surface area contributed by atoms with Crippen LogP contribution < -0.4 is 0 Å². The zero-order chi connectivity index (χ0) is 13.6. The van der Waals surface area contributed by atoms with E-state index in [9.17, 15) is 0 Å². The predicted molar refractivity (Wildman–Crippen MR) is 80.0 cm³/mol.